The Kier molecular flexibility index (Phi) is 5.97. The molecule has 0 bridgehead atoms. The number of rotatable bonds is 5. The molecule has 8 nitrogen and oxygen atoms in total. The first-order valence-corrected chi connectivity index (χ1v) is 11.8. The maximum atomic E-state index is 12.8. The van der Waals surface area contributed by atoms with Gasteiger partial charge in [0, 0.05) is 37.0 Å². The van der Waals surface area contributed by atoms with Gasteiger partial charge in [-0.05, 0) is 56.2 Å². The van der Waals surface area contributed by atoms with E-state index in [9.17, 15) is 18.0 Å². The molecule has 1 N–H and O–H groups in total. The summed E-state index contributed by atoms with van der Waals surface area (Å²) < 4.78 is 32.5. The molecule has 2 heterocycles. The van der Waals surface area contributed by atoms with Gasteiger partial charge >= 0.3 is 0 Å². The number of fused-ring (bicyclic) bond motifs is 1. The summed E-state index contributed by atoms with van der Waals surface area (Å²) in [5.74, 6) is 0.0645. The number of sulfonamides is 1. The van der Waals surface area contributed by atoms with Crippen LogP contribution in [0.4, 0.5) is 11.4 Å². The summed E-state index contributed by atoms with van der Waals surface area (Å²) in [6, 6.07) is 11.1. The molecule has 2 aromatic carbocycles. The maximum absolute atomic E-state index is 12.8. The summed E-state index contributed by atoms with van der Waals surface area (Å²) in [7, 11) is -3.53. The molecule has 1 saturated heterocycles. The minimum absolute atomic E-state index is 0.0365. The van der Waals surface area contributed by atoms with Crippen LogP contribution >= 0.6 is 0 Å². The Hall–Kier alpha value is -2.91. The number of nitrogens with one attached hydrogen (secondary N) is 1. The number of anilines is 2. The van der Waals surface area contributed by atoms with Gasteiger partial charge in [0.1, 0.15) is 5.75 Å². The fourth-order valence-corrected chi connectivity index (χ4v) is 5.38. The minimum atomic E-state index is -3.53. The smallest absolute Gasteiger partial charge is 0.265 e. The average Bonchev–Trinajstić information content (AvgIpc) is 2.80. The number of hydrogen-bond acceptors (Lipinski definition) is 5. The number of amides is 2. The molecule has 9 heteroatoms. The molecule has 0 aromatic heterocycles. The van der Waals surface area contributed by atoms with Crippen LogP contribution in [0.2, 0.25) is 0 Å². The Morgan fingerprint density at radius 1 is 1.06 bits per heavy atom. The number of hydrogen-bond donors (Lipinski definition) is 1. The van der Waals surface area contributed by atoms with Gasteiger partial charge in [0.25, 0.3) is 11.8 Å². The molecule has 0 saturated carbocycles. The first kappa shape index (κ1) is 21.3. The van der Waals surface area contributed by atoms with Crippen LogP contribution in [-0.2, 0) is 14.8 Å². The topological polar surface area (TPSA) is 96.0 Å². The third-order valence-electron chi connectivity index (χ3n) is 5.55. The highest BCUT2D eigenvalue weighted by atomic mass is 32.2. The molecular weight excluding hydrogens is 418 g/mol. The second kappa shape index (κ2) is 8.68. The largest absolute Gasteiger partial charge is 0.481 e. The van der Waals surface area contributed by atoms with Crippen molar-refractivity contribution in [2.75, 3.05) is 36.5 Å². The van der Waals surface area contributed by atoms with E-state index < -0.39 is 10.0 Å². The highest BCUT2D eigenvalue weighted by molar-refractivity contribution is 7.89. The van der Waals surface area contributed by atoms with Crippen LogP contribution in [0.25, 0.3) is 0 Å². The fourth-order valence-electron chi connectivity index (χ4n) is 3.86. The van der Waals surface area contributed by atoms with Crippen LogP contribution in [0.5, 0.6) is 5.75 Å². The summed E-state index contributed by atoms with van der Waals surface area (Å²) in [5, 5.41) is 2.79. The third kappa shape index (κ3) is 4.28. The summed E-state index contributed by atoms with van der Waals surface area (Å²) in [5.41, 5.74) is 1.55. The van der Waals surface area contributed by atoms with Gasteiger partial charge < -0.3 is 15.0 Å². The predicted molar refractivity (Wildman–Crippen MR) is 117 cm³/mol. The highest BCUT2D eigenvalue weighted by Gasteiger charge is 2.26. The number of ether oxygens (including phenoxy) is 1. The average molecular weight is 444 g/mol. The molecule has 2 aromatic rings. The quantitative estimate of drug-likeness (QED) is 0.767. The van der Waals surface area contributed by atoms with Gasteiger partial charge in [0.15, 0.2) is 6.61 Å². The van der Waals surface area contributed by atoms with E-state index in [0.717, 1.165) is 19.3 Å². The van der Waals surface area contributed by atoms with Crippen molar-refractivity contribution < 1.29 is 22.7 Å². The molecule has 2 aliphatic heterocycles. The molecule has 4 rings (SSSR count). The number of likely N-dealkylation sites (N-methyl/N-ethyl adjacent to an activating group) is 1. The van der Waals surface area contributed by atoms with Crippen molar-refractivity contribution in [1.29, 1.82) is 0 Å². The molecule has 31 heavy (non-hydrogen) atoms. The van der Waals surface area contributed by atoms with Crippen LogP contribution in [0.1, 0.15) is 36.5 Å². The zero-order valence-electron chi connectivity index (χ0n) is 17.3. The second-order valence-corrected chi connectivity index (χ2v) is 9.49. The molecule has 0 aliphatic carbocycles. The monoisotopic (exact) mass is 443 g/mol. The molecule has 0 radical (unpaired) electrons. The highest BCUT2D eigenvalue weighted by Crippen LogP contribution is 2.34. The maximum Gasteiger partial charge on any atom is 0.265 e. The Labute approximate surface area is 181 Å². The van der Waals surface area contributed by atoms with E-state index in [1.165, 1.54) is 28.6 Å². The van der Waals surface area contributed by atoms with Crippen molar-refractivity contribution in [1.82, 2.24) is 4.31 Å². The van der Waals surface area contributed by atoms with E-state index in [4.69, 9.17) is 4.74 Å². The third-order valence-corrected chi connectivity index (χ3v) is 7.46. The van der Waals surface area contributed by atoms with Crippen molar-refractivity contribution >= 4 is 33.2 Å². The van der Waals surface area contributed by atoms with Crippen LogP contribution in [0.15, 0.2) is 47.4 Å². The van der Waals surface area contributed by atoms with Gasteiger partial charge in [-0.3, -0.25) is 9.59 Å². The SMILES string of the molecule is CCN1C(=O)COc2cc(NC(=O)c3ccc(S(=O)(=O)N4CCCCC4)cc3)ccc21. The van der Waals surface area contributed by atoms with Gasteiger partial charge in [0.05, 0.1) is 10.6 Å². The van der Waals surface area contributed by atoms with Gasteiger partial charge in [-0.1, -0.05) is 6.42 Å². The molecule has 0 unspecified atom stereocenters. The first-order chi connectivity index (χ1) is 14.9. The van der Waals surface area contributed by atoms with Gasteiger partial charge in [-0.15, -0.1) is 0 Å². The lowest BCUT2D eigenvalue weighted by Gasteiger charge is -2.28. The van der Waals surface area contributed by atoms with Crippen molar-refractivity contribution in [3.05, 3.63) is 48.0 Å². The molecular formula is C22H25N3O5S. The van der Waals surface area contributed by atoms with Crippen molar-refractivity contribution in [3.8, 4) is 5.75 Å². The van der Waals surface area contributed by atoms with Gasteiger partial charge in [0.2, 0.25) is 10.0 Å². The Morgan fingerprint density at radius 2 is 1.77 bits per heavy atom. The fraction of sp³-hybridized carbons (Fsp3) is 0.364. The van der Waals surface area contributed by atoms with E-state index >= 15 is 0 Å². The Balaban J connectivity index is 1.47. The Bertz CT molecular complexity index is 1090. The molecule has 2 amide bonds. The molecule has 164 valence electrons. The standard InChI is InChI=1S/C22H25N3O5S/c1-2-25-19-11-8-17(14-20(19)30-15-21(25)26)23-22(27)16-6-9-18(10-7-16)31(28,29)24-12-4-3-5-13-24/h6-11,14H,2-5,12-13,15H2,1H3,(H,23,27). The van der Waals surface area contributed by atoms with Crippen molar-refractivity contribution in [2.24, 2.45) is 0 Å². The van der Waals surface area contributed by atoms with Crippen LogP contribution in [0.3, 0.4) is 0 Å². The minimum Gasteiger partial charge on any atom is -0.481 e. The lowest BCUT2D eigenvalue weighted by molar-refractivity contribution is -0.121. The number of nitrogens with zero attached hydrogens (tertiary/aromatic N) is 2. The zero-order valence-corrected chi connectivity index (χ0v) is 18.2. The number of carbonyl (C=O) groups is 2. The lowest BCUT2D eigenvalue weighted by atomic mass is 10.2. The summed E-state index contributed by atoms with van der Waals surface area (Å²) in [6.07, 6.45) is 2.79. The van der Waals surface area contributed by atoms with Crippen LogP contribution in [0, 0.1) is 0 Å². The predicted octanol–water partition coefficient (Wildman–Crippen LogP) is 2.86. The molecule has 0 atom stereocenters. The van der Waals surface area contributed by atoms with Crippen molar-refractivity contribution in [3.63, 3.8) is 0 Å². The molecule has 1 fully saturated rings. The van der Waals surface area contributed by atoms with Crippen molar-refractivity contribution in [2.45, 2.75) is 31.1 Å². The molecule has 2 aliphatic rings. The summed E-state index contributed by atoms with van der Waals surface area (Å²) >= 11 is 0. The number of carbonyl (C=O) groups excluding carboxylic acids is 2. The number of piperidine rings is 1. The normalized spacial score (nSPS) is 17.1. The summed E-state index contributed by atoms with van der Waals surface area (Å²) in [4.78, 5) is 26.4. The van der Waals surface area contributed by atoms with E-state index in [2.05, 4.69) is 5.32 Å². The Morgan fingerprint density at radius 3 is 2.45 bits per heavy atom. The lowest BCUT2D eigenvalue weighted by Crippen LogP contribution is -2.38. The van der Waals surface area contributed by atoms with E-state index in [-0.39, 0.29) is 23.3 Å². The van der Waals surface area contributed by atoms with Crippen LogP contribution < -0.4 is 15.0 Å². The van der Waals surface area contributed by atoms with E-state index in [1.54, 1.807) is 23.1 Å². The van der Waals surface area contributed by atoms with E-state index in [0.29, 0.717) is 42.3 Å². The summed E-state index contributed by atoms with van der Waals surface area (Å²) in [6.45, 7) is 3.45. The van der Waals surface area contributed by atoms with Gasteiger partial charge in [-0.25, -0.2) is 8.42 Å². The van der Waals surface area contributed by atoms with Crippen LogP contribution in [-0.4, -0.2) is 50.8 Å². The first-order valence-electron chi connectivity index (χ1n) is 10.4. The second-order valence-electron chi connectivity index (χ2n) is 7.55. The number of benzene rings is 2. The van der Waals surface area contributed by atoms with E-state index in [1.807, 2.05) is 6.92 Å². The molecule has 0 spiro atoms. The zero-order chi connectivity index (χ0) is 22.0. The van der Waals surface area contributed by atoms with Gasteiger partial charge in [-0.2, -0.15) is 4.31 Å².